The average molecular weight is 519 g/mol. The number of aliphatic imine (C=N–C) groups is 2. The van der Waals surface area contributed by atoms with Crippen LogP contribution in [-0.4, -0.2) is 34.7 Å². The number of rotatable bonds is 12. The maximum Gasteiger partial charge on any atom is 0.127 e. The van der Waals surface area contributed by atoms with Gasteiger partial charge in [-0.25, -0.2) is 0 Å². The molecule has 1 fully saturated rings. The van der Waals surface area contributed by atoms with Crippen molar-refractivity contribution in [2.45, 2.75) is 118 Å². The van der Waals surface area contributed by atoms with Crippen LogP contribution in [0.15, 0.2) is 34.3 Å². The summed E-state index contributed by atoms with van der Waals surface area (Å²) in [7, 11) is 0. The van der Waals surface area contributed by atoms with E-state index in [9.17, 15) is 10.2 Å². The summed E-state index contributed by atoms with van der Waals surface area (Å²) in [6.45, 7) is 13.2. The van der Waals surface area contributed by atoms with Crippen molar-refractivity contribution in [3.8, 4) is 11.5 Å². The fourth-order valence-electron chi connectivity index (χ4n) is 5.29. The van der Waals surface area contributed by atoms with Gasteiger partial charge in [-0.2, -0.15) is 0 Å². The van der Waals surface area contributed by atoms with Crippen molar-refractivity contribution in [1.29, 1.82) is 0 Å². The molecule has 4 nitrogen and oxygen atoms in total. The summed E-state index contributed by atoms with van der Waals surface area (Å²) in [4.78, 5) is 9.85. The van der Waals surface area contributed by atoms with Gasteiger partial charge in [-0.05, 0) is 110 Å². The molecule has 4 heteroatoms. The van der Waals surface area contributed by atoms with Crippen LogP contribution in [0.4, 0.5) is 0 Å². The third-order valence-corrected chi connectivity index (χ3v) is 7.81. The van der Waals surface area contributed by atoms with Crippen molar-refractivity contribution in [2.75, 3.05) is 0 Å². The van der Waals surface area contributed by atoms with Crippen LogP contribution in [0.25, 0.3) is 0 Å². The predicted molar refractivity (Wildman–Crippen MR) is 163 cm³/mol. The Labute approximate surface area is 231 Å². The van der Waals surface area contributed by atoms with E-state index in [2.05, 4.69) is 65.8 Å². The number of hydrogen-bond donors (Lipinski definition) is 2. The van der Waals surface area contributed by atoms with E-state index >= 15 is 0 Å². The molecule has 38 heavy (non-hydrogen) atoms. The van der Waals surface area contributed by atoms with Gasteiger partial charge in [0.1, 0.15) is 11.5 Å². The van der Waals surface area contributed by atoms with E-state index < -0.39 is 0 Å². The van der Waals surface area contributed by atoms with Crippen LogP contribution in [0, 0.1) is 11.8 Å². The number of phenols is 2. The second-order valence-electron chi connectivity index (χ2n) is 12.0. The molecule has 2 N–H and O–H groups in total. The quantitative estimate of drug-likeness (QED) is 0.278. The van der Waals surface area contributed by atoms with E-state index in [0.29, 0.717) is 23.3 Å². The highest BCUT2D eigenvalue weighted by Crippen LogP contribution is 2.29. The van der Waals surface area contributed by atoms with Gasteiger partial charge >= 0.3 is 0 Å². The highest BCUT2D eigenvalue weighted by Gasteiger charge is 2.21. The Hall–Kier alpha value is -2.62. The van der Waals surface area contributed by atoms with Crippen molar-refractivity contribution in [1.82, 2.24) is 0 Å². The topological polar surface area (TPSA) is 65.2 Å². The van der Waals surface area contributed by atoms with Crippen molar-refractivity contribution >= 4 is 12.4 Å². The zero-order valence-electron chi connectivity index (χ0n) is 24.6. The monoisotopic (exact) mass is 518 g/mol. The van der Waals surface area contributed by atoms with Gasteiger partial charge in [0, 0.05) is 23.6 Å². The first-order valence-electron chi connectivity index (χ1n) is 15.0. The van der Waals surface area contributed by atoms with Crippen molar-refractivity contribution < 1.29 is 10.2 Å². The summed E-state index contributed by atoms with van der Waals surface area (Å²) in [5, 5.41) is 21.6. The fourth-order valence-corrected chi connectivity index (χ4v) is 5.29. The lowest BCUT2D eigenvalue weighted by molar-refractivity contribution is 0.397. The van der Waals surface area contributed by atoms with Gasteiger partial charge in [-0.15, -0.1) is 0 Å². The van der Waals surface area contributed by atoms with Crippen LogP contribution in [-0.2, 0) is 25.7 Å². The van der Waals surface area contributed by atoms with Gasteiger partial charge in [0.05, 0.1) is 12.1 Å². The Bertz CT molecular complexity index is 1010. The third-order valence-electron chi connectivity index (χ3n) is 7.81. The van der Waals surface area contributed by atoms with E-state index in [-0.39, 0.29) is 12.1 Å². The van der Waals surface area contributed by atoms with Crippen LogP contribution in [0.3, 0.4) is 0 Å². The lowest BCUT2D eigenvalue weighted by atomic mass is 9.91. The molecule has 0 spiro atoms. The molecule has 0 bridgehead atoms. The third kappa shape index (κ3) is 8.71. The summed E-state index contributed by atoms with van der Waals surface area (Å²) in [5.74, 6) is 2.05. The van der Waals surface area contributed by atoms with Crippen molar-refractivity contribution in [2.24, 2.45) is 21.8 Å². The molecule has 0 aromatic heterocycles. The zero-order chi connectivity index (χ0) is 27.7. The molecular weight excluding hydrogens is 468 g/mol. The molecule has 2 aromatic rings. The summed E-state index contributed by atoms with van der Waals surface area (Å²) >= 11 is 0. The first kappa shape index (κ1) is 29.9. The Balaban J connectivity index is 1.72. The minimum atomic E-state index is 0.201. The summed E-state index contributed by atoms with van der Waals surface area (Å²) in [6, 6.07) is 8.92. The van der Waals surface area contributed by atoms with E-state index in [0.717, 1.165) is 86.5 Å². The van der Waals surface area contributed by atoms with Gasteiger partial charge in [0.15, 0.2) is 0 Å². The van der Waals surface area contributed by atoms with Crippen molar-refractivity contribution in [3.63, 3.8) is 0 Å². The van der Waals surface area contributed by atoms with Gasteiger partial charge < -0.3 is 10.2 Å². The largest absolute Gasteiger partial charge is 0.507 e. The maximum absolute atomic E-state index is 10.8. The lowest BCUT2D eigenvalue weighted by Gasteiger charge is -2.24. The minimum absolute atomic E-state index is 0.201. The molecule has 0 aliphatic heterocycles. The summed E-state index contributed by atoms with van der Waals surface area (Å²) in [5.41, 5.74) is 6.24. The number of aryl methyl sites for hydroxylation is 4. The first-order chi connectivity index (χ1) is 18.2. The molecule has 1 saturated carbocycles. The van der Waals surface area contributed by atoms with Gasteiger partial charge in [0.25, 0.3) is 0 Å². The predicted octanol–water partition coefficient (Wildman–Crippen LogP) is 8.25. The van der Waals surface area contributed by atoms with E-state index in [1.807, 2.05) is 12.4 Å². The average Bonchev–Trinajstić information content (AvgIpc) is 2.90. The normalized spacial score (nSPS) is 18.4. The second kappa shape index (κ2) is 14.5. The van der Waals surface area contributed by atoms with Crippen molar-refractivity contribution in [3.05, 3.63) is 57.6 Å². The van der Waals surface area contributed by atoms with Gasteiger partial charge in [0.2, 0.25) is 0 Å². The molecule has 208 valence electrons. The molecule has 3 rings (SSSR count). The number of hydrogen-bond acceptors (Lipinski definition) is 4. The molecule has 0 amide bonds. The molecule has 2 unspecified atom stereocenters. The van der Waals surface area contributed by atoms with Crippen LogP contribution >= 0.6 is 0 Å². The molecule has 0 heterocycles. The Morgan fingerprint density at radius 3 is 1.53 bits per heavy atom. The molecule has 0 radical (unpaired) electrons. The zero-order valence-corrected chi connectivity index (χ0v) is 24.6. The Morgan fingerprint density at radius 2 is 1.16 bits per heavy atom. The standard InChI is InChI=1S/C34H50N2O2/c1-7-27-16-25(14-12-23(3)4)18-29(33(27)37)21-35-31-10-9-11-32(20-31)36-22-30-19-26(15-13-24(5)6)17-28(8-2)34(30)38/h16-19,21-24,31-32,37-38H,7-15,20H2,1-6H3. The van der Waals surface area contributed by atoms with Crippen LogP contribution < -0.4 is 0 Å². The van der Waals surface area contributed by atoms with Crippen LogP contribution in [0.5, 0.6) is 11.5 Å². The molecule has 1 aliphatic rings. The minimum Gasteiger partial charge on any atom is -0.507 e. The second-order valence-corrected chi connectivity index (χ2v) is 12.0. The Kier molecular flexibility index (Phi) is 11.4. The number of benzene rings is 2. The van der Waals surface area contributed by atoms with E-state index in [1.54, 1.807) is 0 Å². The van der Waals surface area contributed by atoms with E-state index in [4.69, 9.17) is 9.98 Å². The molecule has 2 atom stereocenters. The van der Waals surface area contributed by atoms with Gasteiger partial charge in [-0.3, -0.25) is 9.98 Å². The fraction of sp³-hybridized carbons (Fsp3) is 0.588. The number of aromatic hydroxyl groups is 2. The van der Waals surface area contributed by atoms with Crippen LogP contribution in [0.1, 0.15) is 113 Å². The number of nitrogens with zero attached hydrogens (tertiary/aromatic N) is 2. The lowest BCUT2D eigenvalue weighted by Crippen LogP contribution is -2.21. The maximum atomic E-state index is 10.8. The smallest absolute Gasteiger partial charge is 0.127 e. The molecular formula is C34H50N2O2. The Morgan fingerprint density at radius 1 is 0.737 bits per heavy atom. The summed E-state index contributed by atoms with van der Waals surface area (Å²) in [6.07, 6.45) is 13.8. The molecule has 2 aromatic carbocycles. The highest BCUT2D eigenvalue weighted by molar-refractivity contribution is 5.85. The molecule has 1 aliphatic carbocycles. The summed E-state index contributed by atoms with van der Waals surface area (Å²) < 4.78 is 0. The molecule has 0 saturated heterocycles. The first-order valence-corrected chi connectivity index (χ1v) is 15.0. The SMILES string of the molecule is CCc1cc(CCC(C)C)cc(C=NC2CCCC(N=Cc3cc(CCC(C)C)cc(CC)c3O)C2)c1O. The van der Waals surface area contributed by atoms with Gasteiger partial charge in [-0.1, -0.05) is 53.7 Å². The highest BCUT2D eigenvalue weighted by atomic mass is 16.3. The van der Waals surface area contributed by atoms with Crippen LogP contribution in [0.2, 0.25) is 0 Å². The number of phenolic OH excluding ortho intramolecular Hbond substituents is 2. The van der Waals surface area contributed by atoms with E-state index in [1.165, 1.54) is 11.1 Å².